The summed E-state index contributed by atoms with van der Waals surface area (Å²) in [6.07, 6.45) is 0. The number of nitrogens with zero attached hydrogens (tertiary/aromatic N) is 2. The van der Waals surface area contributed by atoms with Gasteiger partial charge in [-0.15, -0.1) is 5.10 Å². The van der Waals surface area contributed by atoms with Gasteiger partial charge in [-0.25, -0.2) is 4.79 Å². The average Bonchev–Trinajstić information content (AvgIpc) is 2.62. The van der Waals surface area contributed by atoms with Crippen molar-refractivity contribution in [2.24, 2.45) is 5.73 Å². The number of fused-ring (bicyclic) bond motifs is 1. The van der Waals surface area contributed by atoms with Crippen molar-refractivity contribution in [1.29, 1.82) is 0 Å². The Hall–Kier alpha value is -2.02. The molecule has 2 rings (SSSR count). The van der Waals surface area contributed by atoms with Crippen LogP contribution in [0.25, 0.3) is 10.2 Å². The lowest BCUT2D eigenvalue weighted by atomic mass is 10.1. The van der Waals surface area contributed by atoms with Gasteiger partial charge in [0.25, 0.3) is 5.91 Å². The van der Waals surface area contributed by atoms with Crippen LogP contribution in [-0.4, -0.2) is 26.6 Å². The van der Waals surface area contributed by atoms with Crippen molar-refractivity contribution < 1.29 is 14.7 Å². The Labute approximate surface area is 87.5 Å². The number of carboxylic acid groups (broad SMARTS) is 1. The van der Waals surface area contributed by atoms with E-state index in [2.05, 4.69) is 9.59 Å². The minimum atomic E-state index is -1.21. The van der Waals surface area contributed by atoms with Gasteiger partial charge in [0.15, 0.2) is 0 Å². The lowest BCUT2D eigenvalue weighted by Crippen LogP contribution is -2.16. The second-order valence-corrected chi connectivity index (χ2v) is 3.56. The Morgan fingerprint density at radius 2 is 2.13 bits per heavy atom. The van der Waals surface area contributed by atoms with E-state index >= 15 is 0 Å². The SMILES string of the molecule is NC(=O)c1c(C(=O)O)ccc2snnc12. The fraction of sp³-hybridized carbons (Fsp3) is 0. The fourth-order valence-corrected chi connectivity index (χ4v) is 1.85. The molecule has 0 aliphatic carbocycles. The highest BCUT2D eigenvalue weighted by Crippen LogP contribution is 2.22. The van der Waals surface area contributed by atoms with E-state index in [1.54, 1.807) is 6.07 Å². The van der Waals surface area contributed by atoms with Crippen LogP contribution in [-0.2, 0) is 0 Å². The number of hydrogen-bond donors (Lipinski definition) is 2. The Morgan fingerprint density at radius 3 is 2.73 bits per heavy atom. The minimum absolute atomic E-state index is 0.0891. The zero-order valence-corrected chi connectivity index (χ0v) is 8.11. The number of carboxylic acids is 1. The molecule has 15 heavy (non-hydrogen) atoms. The number of carbonyl (C=O) groups excluding carboxylic acids is 1. The van der Waals surface area contributed by atoms with Crippen LogP contribution in [0.15, 0.2) is 12.1 Å². The average molecular weight is 223 g/mol. The number of primary amides is 1. The maximum atomic E-state index is 11.1. The Balaban J connectivity index is 2.87. The summed E-state index contributed by atoms with van der Waals surface area (Å²) in [5.74, 6) is -2.02. The second kappa shape index (κ2) is 3.28. The lowest BCUT2D eigenvalue weighted by molar-refractivity contribution is 0.0692. The molecule has 0 spiro atoms. The third-order valence-corrected chi connectivity index (χ3v) is 2.59. The molecule has 2 aromatic rings. The smallest absolute Gasteiger partial charge is 0.336 e. The van der Waals surface area contributed by atoms with Crippen LogP contribution in [0.4, 0.5) is 0 Å². The molecular formula is C8H5N3O3S. The first-order valence-electron chi connectivity index (χ1n) is 3.89. The van der Waals surface area contributed by atoms with E-state index < -0.39 is 11.9 Å². The van der Waals surface area contributed by atoms with Crippen LogP contribution in [0.5, 0.6) is 0 Å². The predicted octanol–water partition coefficient (Wildman–Crippen LogP) is 0.488. The van der Waals surface area contributed by atoms with Crippen molar-refractivity contribution in [2.45, 2.75) is 0 Å². The van der Waals surface area contributed by atoms with Crippen molar-refractivity contribution in [1.82, 2.24) is 9.59 Å². The highest BCUT2D eigenvalue weighted by atomic mass is 32.1. The molecule has 1 aromatic heterocycles. The summed E-state index contributed by atoms with van der Waals surface area (Å²) in [7, 11) is 0. The topological polar surface area (TPSA) is 106 Å². The van der Waals surface area contributed by atoms with Gasteiger partial charge in [-0.3, -0.25) is 4.79 Å². The number of rotatable bonds is 2. The fourth-order valence-electron chi connectivity index (χ4n) is 1.28. The zero-order valence-electron chi connectivity index (χ0n) is 7.30. The van der Waals surface area contributed by atoms with Gasteiger partial charge in [0.05, 0.1) is 15.8 Å². The summed E-state index contributed by atoms with van der Waals surface area (Å²) >= 11 is 1.08. The number of nitrogens with two attached hydrogens (primary N) is 1. The molecule has 0 bridgehead atoms. The summed E-state index contributed by atoms with van der Waals surface area (Å²) in [5, 5.41) is 12.5. The van der Waals surface area contributed by atoms with Crippen LogP contribution >= 0.6 is 11.5 Å². The van der Waals surface area contributed by atoms with Crippen molar-refractivity contribution >= 4 is 33.6 Å². The summed E-state index contributed by atoms with van der Waals surface area (Å²) in [6.45, 7) is 0. The first-order valence-corrected chi connectivity index (χ1v) is 4.66. The lowest BCUT2D eigenvalue weighted by Gasteiger charge is -2.01. The maximum Gasteiger partial charge on any atom is 0.336 e. The second-order valence-electron chi connectivity index (χ2n) is 2.78. The maximum absolute atomic E-state index is 11.1. The standard InChI is InChI=1S/C8H5N3O3S/c9-7(12)5-3(8(13)14)1-2-4-6(5)10-11-15-4/h1-2H,(H2,9,12)(H,13,14). The summed E-state index contributed by atoms with van der Waals surface area (Å²) in [5.41, 5.74) is 5.12. The molecule has 0 aliphatic rings. The van der Waals surface area contributed by atoms with Crippen molar-refractivity contribution in [3.05, 3.63) is 23.3 Å². The number of hydrogen-bond acceptors (Lipinski definition) is 5. The molecule has 6 nitrogen and oxygen atoms in total. The molecular weight excluding hydrogens is 218 g/mol. The Kier molecular flexibility index (Phi) is 2.09. The van der Waals surface area contributed by atoms with Crippen molar-refractivity contribution in [3.63, 3.8) is 0 Å². The number of amides is 1. The minimum Gasteiger partial charge on any atom is -0.478 e. The van der Waals surface area contributed by atoms with Gasteiger partial charge >= 0.3 is 5.97 Å². The van der Waals surface area contributed by atoms with Crippen molar-refractivity contribution in [2.75, 3.05) is 0 Å². The van der Waals surface area contributed by atoms with E-state index in [-0.39, 0.29) is 16.6 Å². The van der Waals surface area contributed by atoms with Gasteiger partial charge in [0, 0.05) is 0 Å². The van der Waals surface area contributed by atoms with Crippen LogP contribution < -0.4 is 5.73 Å². The van der Waals surface area contributed by atoms with Gasteiger partial charge in [0.1, 0.15) is 5.52 Å². The van der Waals surface area contributed by atoms with E-state index in [1.807, 2.05) is 0 Å². The van der Waals surface area contributed by atoms with Gasteiger partial charge < -0.3 is 10.8 Å². The molecule has 0 unspecified atom stereocenters. The molecule has 3 N–H and O–H groups in total. The van der Waals surface area contributed by atoms with E-state index in [1.165, 1.54) is 6.07 Å². The molecule has 1 amide bonds. The molecule has 1 heterocycles. The monoisotopic (exact) mass is 223 g/mol. The molecule has 0 atom stereocenters. The van der Waals surface area contributed by atoms with E-state index in [0.717, 1.165) is 11.5 Å². The molecule has 0 fully saturated rings. The van der Waals surface area contributed by atoms with Crippen molar-refractivity contribution in [3.8, 4) is 0 Å². The summed E-state index contributed by atoms with van der Waals surface area (Å²) < 4.78 is 4.27. The van der Waals surface area contributed by atoms with Gasteiger partial charge in [-0.1, -0.05) is 4.49 Å². The molecule has 76 valence electrons. The van der Waals surface area contributed by atoms with Gasteiger partial charge in [0.2, 0.25) is 0 Å². The van der Waals surface area contributed by atoms with Crippen LogP contribution in [0.2, 0.25) is 0 Å². The highest BCUT2D eigenvalue weighted by Gasteiger charge is 2.19. The first kappa shape index (κ1) is 9.53. The summed E-state index contributed by atoms with van der Waals surface area (Å²) in [6, 6.07) is 2.88. The van der Waals surface area contributed by atoms with E-state index in [4.69, 9.17) is 10.8 Å². The molecule has 0 radical (unpaired) electrons. The molecule has 0 aliphatic heterocycles. The van der Waals surface area contributed by atoms with Crippen LogP contribution in [0.3, 0.4) is 0 Å². The van der Waals surface area contributed by atoms with E-state index in [9.17, 15) is 9.59 Å². The quantitative estimate of drug-likeness (QED) is 0.770. The predicted molar refractivity (Wildman–Crippen MR) is 52.9 cm³/mol. The Morgan fingerprint density at radius 1 is 1.40 bits per heavy atom. The molecule has 0 saturated heterocycles. The molecule has 1 aromatic carbocycles. The summed E-state index contributed by atoms with van der Waals surface area (Å²) in [4.78, 5) is 22.0. The number of aromatic nitrogens is 2. The van der Waals surface area contributed by atoms with Gasteiger partial charge in [-0.05, 0) is 23.7 Å². The third-order valence-electron chi connectivity index (χ3n) is 1.90. The highest BCUT2D eigenvalue weighted by molar-refractivity contribution is 7.13. The number of carbonyl (C=O) groups is 2. The van der Waals surface area contributed by atoms with Crippen LogP contribution in [0, 0.1) is 0 Å². The Bertz CT molecular complexity index is 563. The number of benzene rings is 1. The normalized spacial score (nSPS) is 10.4. The zero-order chi connectivity index (χ0) is 11.0. The third kappa shape index (κ3) is 1.42. The first-order chi connectivity index (χ1) is 7.11. The molecule has 7 heteroatoms. The van der Waals surface area contributed by atoms with E-state index in [0.29, 0.717) is 4.70 Å². The van der Waals surface area contributed by atoms with Crippen LogP contribution in [0.1, 0.15) is 20.7 Å². The molecule has 0 saturated carbocycles. The number of aromatic carboxylic acids is 1. The largest absolute Gasteiger partial charge is 0.478 e. The van der Waals surface area contributed by atoms with Gasteiger partial charge in [-0.2, -0.15) is 0 Å².